The van der Waals surface area contributed by atoms with Gasteiger partial charge in [-0.2, -0.15) is 13.2 Å². The molecule has 0 atom stereocenters. The van der Waals surface area contributed by atoms with Crippen LogP contribution in [-0.4, -0.2) is 32.1 Å². The van der Waals surface area contributed by atoms with E-state index in [1.54, 1.807) is 0 Å². The molecule has 0 heterocycles. The van der Waals surface area contributed by atoms with Gasteiger partial charge in [-0.05, 0) is 30.7 Å². The predicted molar refractivity (Wildman–Crippen MR) is 69.6 cm³/mol. The fourth-order valence-corrected chi connectivity index (χ4v) is 1.43. The van der Waals surface area contributed by atoms with Crippen molar-refractivity contribution in [2.24, 2.45) is 0 Å². The number of methoxy groups -OCH3 is 1. The summed E-state index contributed by atoms with van der Waals surface area (Å²) >= 11 is 0. The molecule has 0 bridgehead atoms. The van der Waals surface area contributed by atoms with Crippen molar-refractivity contribution >= 4 is 17.5 Å². The molecule has 5 nitrogen and oxygen atoms in total. The summed E-state index contributed by atoms with van der Waals surface area (Å²) in [6.45, 7) is 0.716. The van der Waals surface area contributed by atoms with Gasteiger partial charge in [-0.15, -0.1) is 0 Å². The molecule has 0 aliphatic carbocycles. The fraction of sp³-hybridized carbons (Fsp3) is 0.385. The van der Waals surface area contributed by atoms with E-state index < -0.39 is 23.6 Å². The largest absolute Gasteiger partial charge is 0.416 e. The van der Waals surface area contributed by atoms with E-state index in [1.807, 2.05) is 0 Å². The SMILES string of the molecule is COCCCNC(=O)C(=O)Nc1ccc(C(F)(F)F)cc1. The van der Waals surface area contributed by atoms with Gasteiger partial charge >= 0.3 is 18.0 Å². The Morgan fingerprint density at radius 2 is 1.76 bits per heavy atom. The molecule has 0 fully saturated rings. The van der Waals surface area contributed by atoms with Gasteiger partial charge in [-0.3, -0.25) is 9.59 Å². The molecule has 0 radical (unpaired) electrons. The van der Waals surface area contributed by atoms with Gasteiger partial charge in [0.15, 0.2) is 0 Å². The van der Waals surface area contributed by atoms with Crippen LogP contribution in [0, 0.1) is 0 Å². The van der Waals surface area contributed by atoms with E-state index in [4.69, 9.17) is 4.74 Å². The molecule has 2 N–H and O–H groups in total. The van der Waals surface area contributed by atoms with E-state index in [0.29, 0.717) is 13.0 Å². The number of benzene rings is 1. The minimum absolute atomic E-state index is 0.111. The molecule has 116 valence electrons. The van der Waals surface area contributed by atoms with E-state index >= 15 is 0 Å². The highest BCUT2D eigenvalue weighted by atomic mass is 19.4. The third-order valence-corrected chi connectivity index (χ3v) is 2.49. The molecule has 1 rings (SSSR count). The maximum atomic E-state index is 12.4. The van der Waals surface area contributed by atoms with Gasteiger partial charge in [0.1, 0.15) is 0 Å². The number of hydrogen-bond donors (Lipinski definition) is 2. The highest BCUT2D eigenvalue weighted by molar-refractivity contribution is 6.39. The number of rotatable bonds is 5. The van der Waals surface area contributed by atoms with Crippen molar-refractivity contribution in [3.05, 3.63) is 29.8 Å². The zero-order chi connectivity index (χ0) is 15.9. The Morgan fingerprint density at radius 1 is 1.14 bits per heavy atom. The molecule has 0 aromatic heterocycles. The van der Waals surface area contributed by atoms with E-state index in [0.717, 1.165) is 24.3 Å². The number of alkyl halides is 3. The maximum Gasteiger partial charge on any atom is 0.416 e. The number of anilines is 1. The summed E-state index contributed by atoms with van der Waals surface area (Å²) in [5.41, 5.74) is -0.718. The minimum atomic E-state index is -4.44. The Hall–Kier alpha value is -2.09. The molecule has 0 aliphatic rings. The second-order valence-corrected chi connectivity index (χ2v) is 4.13. The number of nitrogens with one attached hydrogen (secondary N) is 2. The highest BCUT2D eigenvalue weighted by Gasteiger charge is 2.30. The molecule has 0 aliphatic heterocycles. The first-order valence-electron chi connectivity index (χ1n) is 6.10. The van der Waals surface area contributed by atoms with Crippen LogP contribution < -0.4 is 10.6 Å². The molecule has 0 unspecified atom stereocenters. The van der Waals surface area contributed by atoms with Crippen molar-refractivity contribution < 1.29 is 27.5 Å². The number of hydrogen-bond acceptors (Lipinski definition) is 3. The Balaban J connectivity index is 2.49. The first-order chi connectivity index (χ1) is 9.84. The van der Waals surface area contributed by atoms with Crippen LogP contribution >= 0.6 is 0 Å². The molecule has 2 amide bonds. The smallest absolute Gasteiger partial charge is 0.385 e. The first-order valence-corrected chi connectivity index (χ1v) is 6.10. The zero-order valence-electron chi connectivity index (χ0n) is 11.3. The van der Waals surface area contributed by atoms with Crippen molar-refractivity contribution in [3.63, 3.8) is 0 Å². The average Bonchev–Trinajstić information content (AvgIpc) is 2.43. The highest BCUT2D eigenvalue weighted by Crippen LogP contribution is 2.29. The lowest BCUT2D eigenvalue weighted by atomic mass is 10.2. The minimum Gasteiger partial charge on any atom is -0.385 e. The third kappa shape index (κ3) is 5.82. The summed E-state index contributed by atoms with van der Waals surface area (Å²) in [6, 6.07) is 3.82. The van der Waals surface area contributed by atoms with Gasteiger partial charge in [0.25, 0.3) is 0 Å². The first kappa shape index (κ1) is 17.0. The Kier molecular flexibility index (Phi) is 6.16. The van der Waals surface area contributed by atoms with Crippen LogP contribution in [0.25, 0.3) is 0 Å². The average molecular weight is 304 g/mol. The summed E-state index contributed by atoms with van der Waals surface area (Å²) in [5, 5.41) is 4.57. The van der Waals surface area contributed by atoms with Crippen LogP contribution in [0.2, 0.25) is 0 Å². The van der Waals surface area contributed by atoms with E-state index in [1.165, 1.54) is 7.11 Å². The van der Waals surface area contributed by atoms with Gasteiger partial charge in [0.2, 0.25) is 0 Å². The number of carbonyl (C=O) groups excluding carboxylic acids is 2. The molecule has 0 saturated heterocycles. The number of ether oxygens (including phenoxy) is 1. The molecule has 1 aromatic rings. The second kappa shape index (κ2) is 7.63. The quantitative estimate of drug-likeness (QED) is 0.644. The Bertz CT molecular complexity index is 486. The van der Waals surface area contributed by atoms with Crippen molar-refractivity contribution in [2.45, 2.75) is 12.6 Å². The molecular formula is C13H15F3N2O3. The van der Waals surface area contributed by atoms with Crippen molar-refractivity contribution in [1.82, 2.24) is 5.32 Å². The van der Waals surface area contributed by atoms with Crippen molar-refractivity contribution in [3.8, 4) is 0 Å². The molecule has 0 saturated carbocycles. The van der Waals surface area contributed by atoms with Crippen LogP contribution in [0.5, 0.6) is 0 Å². The van der Waals surface area contributed by atoms with Crippen LogP contribution in [0.3, 0.4) is 0 Å². The normalized spacial score (nSPS) is 11.0. The number of carbonyl (C=O) groups is 2. The van der Waals surface area contributed by atoms with Gasteiger partial charge < -0.3 is 15.4 Å². The van der Waals surface area contributed by atoms with Gasteiger partial charge in [0, 0.05) is 25.9 Å². The van der Waals surface area contributed by atoms with Crippen LogP contribution in [0.15, 0.2) is 24.3 Å². The summed E-state index contributed by atoms with van der Waals surface area (Å²) in [4.78, 5) is 22.9. The standard InChI is InChI=1S/C13H15F3N2O3/c1-21-8-2-7-17-11(19)12(20)18-10-5-3-9(4-6-10)13(14,15)16/h3-6H,2,7-8H2,1H3,(H,17,19)(H,18,20). The summed E-state index contributed by atoms with van der Waals surface area (Å²) in [6.07, 6.45) is -3.89. The van der Waals surface area contributed by atoms with Crippen LogP contribution in [0.1, 0.15) is 12.0 Å². The van der Waals surface area contributed by atoms with E-state index in [-0.39, 0.29) is 12.2 Å². The number of amides is 2. The zero-order valence-corrected chi connectivity index (χ0v) is 11.3. The van der Waals surface area contributed by atoms with Crippen LogP contribution in [-0.2, 0) is 20.5 Å². The summed E-state index contributed by atoms with van der Waals surface area (Å²) in [7, 11) is 1.51. The maximum absolute atomic E-state index is 12.4. The third-order valence-electron chi connectivity index (χ3n) is 2.49. The summed E-state index contributed by atoms with van der Waals surface area (Å²) in [5.74, 6) is -1.79. The Labute approximate surface area is 119 Å². The van der Waals surface area contributed by atoms with Gasteiger partial charge in [-0.1, -0.05) is 0 Å². The second-order valence-electron chi connectivity index (χ2n) is 4.13. The predicted octanol–water partition coefficient (Wildman–Crippen LogP) is 1.80. The number of halogens is 3. The topological polar surface area (TPSA) is 67.4 Å². The molecule has 8 heteroatoms. The lowest BCUT2D eigenvalue weighted by Gasteiger charge is -2.09. The fourth-order valence-electron chi connectivity index (χ4n) is 1.43. The van der Waals surface area contributed by atoms with Crippen LogP contribution in [0.4, 0.5) is 18.9 Å². The monoisotopic (exact) mass is 304 g/mol. The van der Waals surface area contributed by atoms with Gasteiger partial charge in [0.05, 0.1) is 5.56 Å². The van der Waals surface area contributed by atoms with E-state index in [9.17, 15) is 22.8 Å². The van der Waals surface area contributed by atoms with Gasteiger partial charge in [-0.25, -0.2) is 0 Å². The lowest BCUT2D eigenvalue weighted by molar-refractivity contribution is -0.137. The molecule has 1 aromatic carbocycles. The molecule has 0 spiro atoms. The Morgan fingerprint density at radius 3 is 2.29 bits per heavy atom. The molecule has 21 heavy (non-hydrogen) atoms. The van der Waals surface area contributed by atoms with Crippen molar-refractivity contribution in [2.75, 3.05) is 25.6 Å². The molecular weight excluding hydrogens is 289 g/mol. The van der Waals surface area contributed by atoms with E-state index in [2.05, 4.69) is 10.6 Å². The van der Waals surface area contributed by atoms with Crippen molar-refractivity contribution in [1.29, 1.82) is 0 Å². The summed E-state index contributed by atoms with van der Waals surface area (Å²) < 4.78 is 41.8. The lowest BCUT2D eigenvalue weighted by Crippen LogP contribution is -2.36.